The second-order valence-corrected chi connectivity index (χ2v) is 5.23. The Morgan fingerprint density at radius 3 is 2.65 bits per heavy atom. The van der Waals surface area contributed by atoms with Crippen molar-refractivity contribution in [3.8, 4) is 5.75 Å². The number of hydrogen-bond acceptors (Lipinski definition) is 4. The van der Waals surface area contributed by atoms with E-state index in [1.54, 1.807) is 11.0 Å². The zero-order valence-electron chi connectivity index (χ0n) is 11.0. The summed E-state index contributed by atoms with van der Waals surface area (Å²) in [5, 5.41) is 11.1. The lowest BCUT2D eigenvalue weighted by atomic mass is 10.1. The van der Waals surface area contributed by atoms with Crippen LogP contribution in [0.4, 0.5) is 5.69 Å². The Hall–Kier alpha value is -1.82. The first-order valence-corrected chi connectivity index (χ1v) is 6.72. The summed E-state index contributed by atoms with van der Waals surface area (Å²) in [7, 11) is 1.36. The number of nitrogens with zero attached hydrogens (tertiary/aromatic N) is 2. The predicted octanol–water partition coefficient (Wildman–Crippen LogP) is 2.45. The highest BCUT2D eigenvalue weighted by molar-refractivity contribution is 6.20. The number of piperidine rings is 1. The SMILES string of the molecule is COc1ccc(C(=O)N2CCC(Cl)CC2)cc1[N+](=O)[O-]. The number of methoxy groups -OCH3 is 1. The molecule has 1 amide bonds. The van der Waals surface area contributed by atoms with E-state index in [0.29, 0.717) is 18.7 Å². The molecule has 20 heavy (non-hydrogen) atoms. The smallest absolute Gasteiger partial charge is 0.311 e. The maximum atomic E-state index is 12.3. The van der Waals surface area contributed by atoms with Crippen LogP contribution in [0.25, 0.3) is 0 Å². The molecule has 0 atom stereocenters. The molecule has 6 nitrogen and oxygen atoms in total. The number of likely N-dealkylation sites (tertiary alicyclic amines) is 1. The average Bonchev–Trinajstić information content (AvgIpc) is 2.46. The minimum Gasteiger partial charge on any atom is -0.490 e. The van der Waals surface area contributed by atoms with Gasteiger partial charge in [0.25, 0.3) is 5.91 Å². The Kier molecular flexibility index (Phi) is 4.44. The Labute approximate surface area is 121 Å². The second kappa shape index (κ2) is 6.09. The average molecular weight is 299 g/mol. The van der Waals surface area contributed by atoms with Crippen LogP contribution in [0.2, 0.25) is 0 Å². The third kappa shape index (κ3) is 3.01. The van der Waals surface area contributed by atoms with Gasteiger partial charge >= 0.3 is 5.69 Å². The molecule has 0 N–H and O–H groups in total. The van der Waals surface area contributed by atoms with Gasteiger partial charge in [-0.15, -0.1) is 11.6 Å². The normalized spacial score (nSPS) is 16.0. The zero-order chi connectivity index (χ0) is 14.7. The quantitative estimate of drug-likeness (QED) is 0.488. The standard InChI is InChI=1S/C13H15ClN2O4/c1-20-12-3-2-9(8-11(12)16(18)19)13(17)15-6-4-10(14)5-7-15/h2-3,8,10H,4-7H2,1H3. The van der Waals surface area contributed by atoms with Crippen molar-refractivity contribution in [1.82, 2.24) is 4.90 Å². The van der Waals surface area contributed by atoms with Gasteiger partial charge < -0.3 is 9.64 Å². The highest BCUT2D eigenvalue weighted by Gasteiger charge is 2.25. The topological polar surface area (TPSA) is 72.7 Å². The highest BCUT2D eigenvalue weighted by atomic mass is 35.5. The van der Waals surface area contributed by atoms with Crippen LogP contribution in [0, 0.1) is 10.1 Å². The summed E-state index contributed by atoms with van der Waals surface area (Å²) in [5.41, 5.74) is 0.0936. The molecule has 7 heteroatoms. The van der Waals surface area contributed by atoms with E-state index in [4.69, 9.17) is 16.3 Å². The lowest BCUT2D eigenvalue weighted by Crippen LogP contribution is -2.38. The van der Waals surface area contributed by atoms with E-state index in [-0.39, 0.29) is 22.7 Å². The number of hydrogen-bond donors (Lipinski definition) is 0. The maximum absolute atomic E-state index is 12.3. The van der Waals surface area contributed by atoms with Crippen LogP contribution < -0.4 is 4.74 Å². The molecular formula is C13H15ClN2O4. The number of halogens is 1. The molecule has 0 bridgehead atoms. The van der Waals surface area contributed by atoms with Gasteiger partial charge in [0, 0.05) is 30.1 Å². The molecule has 0 radical (unpaired) electrons. The second-order valence-electron chi connectivity index (χ2n) is 4.61. The van der Waals surface area contributed by atoms with Crippen LogP contribution >= 0.6 is 11.6 Å². The van der Waals surface area contributed by atoms with E-state index in [1.165, 1.54) is 19.2 Å². The lowest BCUT2D eigenvalue weighted by Gasteiger charge is -2.29. The molecule has 108 valence electrons. The number of carbonyl (C=O) groups excluding carboxylic acids is 1. The van der Waals surface area contributed by atoms with Gasteiger partial charge in [-0.2, -0.15) is 0 Å². The maximum Gasteiger partial charge on any atom is 0.311 e. The first kappa shape index (κ1) is 14.6. The predicted molar refractivity (Wildman–Crippen MR) is 74.4 cm³/mol. The molecule has 2 rings (SSSR count). The lowest BCUT2D eigenvalue weighted by molar-refractivity contribution is -0.385. The summed E-state index contributed by atoms with van der Waals surface area (Å²) in [5.74, 6) is -0.0645. The van der Waals surface area contributed by atoms with Gasteiger partial charge in [0.2, 0.25) is 0 Å². The van der Waals surface area contributed by atoms with Gasteiger partial charge in [0.1, 0.15) is 0 Å². The molecular weight excluding hydrogens is 284 g/mol. The third-order valence-electron chi connectivity index (χ3n) is 3.33. The summed E-state index contributed by atoms with van der Waals surface area (Å²) >= 11 is 6.00. The van der Waals surface area contributed by atoms with Crippen molar-refractivity contribution >= 4 is 23.2 Å². The van der Waals surface area contributed by atoms with Crippen molar-refractivity contribution in [2.45, 2.75) is 18.2 Å². The van der Waals surface area contributed by atoms with E-state index in [0.717, 1.165) is 12.8 Å². The Balaban J connectivity index is 2.22. The van der Waals surface area contributed by atoms with Gasteiger partial charge in [0.05, 0.1) is 12.0 Å². The number of carbonyl (C=O) groups is 1. The molecule has 1 aromatic rings. The number of benzene rings is 1. The van der Waals surface area contributed by atoms with Crippen LogP contribution in [0.15, 0.2) is 18.2 Å². The van der Waals surface area contributed by atoms with Gasteiger partial charge in [-0.25, -0.2) is 0 Å². The van der Waals surface area contributed by atoms with Gasteiger partial charge in [-0.3, -0.25) is 14.9 Å². The van der Waals surface area contributed by atoms with Crippen molar-refractivity contribution in [1.29, 1.82) is 0 Å². The minimum atomic E-state index is -0.555. The molecule has 1 fully saturated rings. The molecule has 0 spiro atoms. The molecule has 0 aromatic heterocycles. The van der Waals surface area contributed by atoms with Crippen LogP contribution in [0.5, 0.6) is 5.75 Å². The van der Waals surface area contributed by atoms with Crippen LogP contribution in [-0.4, -0.2) is 41.3 Å². The van der Waals surface area contributed by atoms with E-state index >= 15 is 0 Å². The van der Waals surface area contributed by atoms with Crippen molar-refractivity contribution in [3.05, 3.63) is 33.9 Å². The summed E-state index contributed by atoms with van der Waals surface area (Å²) in [6.07, 6.45) is 1.48. The van der Waals surface area contributed by atoms with E-state index in [1.807, 2.05) is 0 Å². The molecule has 1 aliphatic rings. The third-order valence-corrected chi connectivity index (χ3v) is 3.77. The first-order valence-electron chi connectivity index (χ1n) is 6.28. The number of alkyl halides is 1. The number of nitro groups is 1. The summed E-state index contributed by atoms with van der Waals surface area (Å²) in [6.45, 7) is 1.15. The van der Waals surface area contributed by atoms with Crippen molar-refractivity contribution in [3.63, 3.8) is 0 Å². The number of amides is 1. The monoisotopic (exact) mass is 298 g/mol. The molecule has 0 aliphatic carbocycles. The molecule has 1 saturated heterocycles. The van der Waals surface area contributed by atoms with E-state index in [9.17, 15) is 14.9 Å². The van der Waals surface area contributed by atoms with Gasteiger partial charge in [-0.05, 0) is 25.0 Å². The fourth-order valence-corrected chi connectivity index (χ4v) is 2.39. The Bertz CT molecular complexity index is 527. The zero-order valence-corrected chi connectivity index (χ0v) is 11.8. The summed E-state index contributed by atoms with van der Waals surface area (Å²) < 4.78 is 4.92. The number of rotatable bonds is 3. The highest BCUT2D eigenvalue weighted by Crippen LogP contribution is 2.28. The van der Waals surface area contributed by atoms with Gasteiger partial charge in [0.15, 0.2) is 5.75 Å². The fourth-order valence-electron chi connectivity index (χ4n) is 2.20. The fraction of sp³-hybridized carbons (Fsp3) is 0.462. The largest absolute Gasteiger partial charge is 0.490 e. The summed E-state index contributed by atoms with van der Waals surface area (Å²) in [4.78, 5) is 24.4. The Morgan fingerprint density at radius 1 is 1.45 bits per heavy atom. The first-order chi connectivity index (χ1) is 9.52. The van der Waals surface area contributed by atoms with Crippen LogP contribution in [0.1, 0.15) is 23.2 Å². The molecule has 1 heterocycles. The van der Waals surface area contributed by atoms with Crippen molar-refractivity contribution in [2.75, 3.05) is 20.2 Å². The molecule has 0 saturated carbocycles. The van der Waals surface area contributed by atoms with E-state index in [2.05, 4.69) is 0 Å². The summed E-state index contributed by atoms with van der Waals surface area (Å²) in [6, 6.07) is 4.24. The molecule has 1 aromatic carbocycles. The van der Waals surface area contributed by atoms with Crippen LogP contribution in [0.3, 0.4) is 0 Å². The van der Waals surface area contributed by atoms with Gasteiger partial charge in [-0.1, -0.05) is 0 Å². The molecule has 0 unspecified atom stereocenters. The number of nitro benzene ring substituents is 1. The van der Waals surface area contributed by atoms with Crippen molar-refractivity contribution < 1.29 is 14.5 Å². The van der Waals surface area contributed by atoms with Crippen molar-refractivity contribution in [2.24, 2.45) is 0 Å². The Morgan fingerprint density at radius 2 is 2.10 bits per heavy atom. The minimum absolute atomic E-state index is 0.101. The number of ether oxygens (including phenoxy) is 1. The van der Waals surface area contributed by atoms with E-state index < -0.39 is 4.92 Å². The molecule has 1 aliphatic heterocycles. The van der Waals surface area contributed by atoms with Crippen LogP contribution in [-0.2, 0) is 0 Å².